The third-order valence-electron chi connectivity index (χ3n) is 4.13. The first-order chi connectivity index (χ1) is 13.3. The minimum absolute atomic E-state index is 0.138. The molecule has 2 amide bonds. The van der Waals surface area contributed by atoms with Crippen LogP contribution in [0.25, 0.3) is 11.1 Å². The molecule has 1 N–H and O–H groups in total. The Morgan fingerprint density at radius 1 is 1.18 bits per heavy atom. The molecule has 1 atom stereocenters. The van der Waals surface area contributed by atoms with Crippen molar-refractivity contribution in [3.63, 3.8) is 0 Å². The van der Waals surface area contributed by atoms with Gasteiger partial charge in [-0.15, -0.1) is 0 Å². The summed E-state index contributed by atoms with van der Waals surface area (Å²) in [5.74, 6) is 0.0929. The summed E-state index contributed by atoms with van der Waals surface area (Å²) in [7, 11) is 0. The van der Waals surface area contributed by atoms with Crippen LogP contribution >= 0.6 is 0 Å². The highest BCUT2D eigenvalue weighted by Crippen LogP contribution is 2.21. The van der Waals surface area contributed by atoms with Crippen LogP contribution in [0.1, 0.15) is 20.8 Å². The van der Waals surface area contributed by atoms with Gasteiger partial charge in [0.15, 0.2) is 6.10 Å². The number of ether oxygens (including phenoxy) is 2. The van der Waals surface area contributed by atoms with Crippen LogP contribution in [-0.2, 0) is 14.3 Å². The Morgan fingerprint density at radius 3 is 2.64 bits per heavy atom. The summed E-state index contributed by atoms with van der Waals surface area (Å²) in [4.78, 5) is 30.6. The molecule has 2 heterocycles. The Labute approximate surface area is 164 Å². The zero-order valence-electron chi connectivity index (χ0n) is 16.3. The van der Waals surface area contributed by atoms with E-state index in [2.05, 4.69) is 10.3 Å². The van der Waals surface area contributed by atoms with E-state index in [1.54, 1.807) is 27.0 Å². The first-order valence-electron chi connectivity index (χ1n) is 9.24. The molecule has 7 heteroatoms. The number of morpholine rings is 1. The summed E-state index contributed by atoms with van der Waals surface area (Å²) in [5, 5.41) is 2.78. The van der Waals surface area contributed by atoms with Crippen molar-refractivity contribution in [2.75, 3.05) is 25.0 Å². The molecule has 1 aromatic carbocycles. The van der Waals surface area contributed by atoms with Crippen molar-refractivity contribution in [2.24, 2.45) is 0 Å². The van der Waals surface area contributed by atoms with Gasteiger partial charge in [0, 0.05) is 12.7 Å². The van der Waals surface area contributed by atoms with Crippen molar-refractivity contribution >= 4 is 17.8 Å². The summed E-state index contributed by atoms with van der Waals surface area (Å²) in [6.45, 7) is 6.22. The number of pyridine rings is 1. The molecule has 1 saturated heterocycles. The highest BCUT2D eigenvalue weighted by atomic mass is 16.6. The molecule has 2 aromatic rings. The smallest absolute Gasteiger partial charge is 0.410 e. The first kappa shape index (κ1) is 19.8. The molecule has 0 aliphatic carbocycles. The lowest BCUT2D eigenvalue weighted by Gasteiger charge is -2.33. The van der Waals surface area contributed by atoms with Crippen LogP contribution in [0.15, 0.2) is 48.7 Å². The van der Waals surface area contributed by atoms with Crippen LogP contribution in [0.4, 0.5) is 10.6 Å². The number of benzene rings is 1. The van der Waals surface area contributed by atoms with Gasteiger partial charge in [0.05, 0.1) is 13.2 Å². The third-order valence-corrected chi connectivity index (χ3v) is 4.13. The second-order valence-electron chi connectivity index (χ2n) is 7.57. The lowest BCUT2D eigenvalue weighted by molar-refractivity contribution is -0.132. The molecule has 1 unspecified atom stereocenters. The number of aromatic nitrogens is 1. The largest absolute Gasteiger partial charge is 0.444 e. The van der Waals surface area contributed by atoms with Gasteiger partial charge in [0.25, 0.3) is 5.91 Å². The van der Waals surface area contributed by atoms with Crippen molar-refractivity contribution in [2.45, 2.75) is 32.5 Å². The van der Waals surface area contributed by atoms with E-state index in [1.165, 1.54) is 4.90 Å². The minimum atomic E-state index is -0.775. The van der Waals surface area contributed by atoms with E-state index in [-0.39, 0.29) is 19.1 Å². The van der Waals surface area contributed by atoms with Gasteiger partial charge in [0.2, 0.25) is 0 Å². The van der Waals surface area contributed by atoms with Crippen LogP contribution in [0.2, 0.25) is 0 Å². The van der Waals surface area contributed by atoms with Crippen molar-refractivity contribution in [3.05, 3.63) is 48.7 Å². The molecule has 1 aliphatic rings. The Kier molecular flexibility index (Phi) is 5.94. The predicted octanol–water partition coefficient (Wildman–Crippen LogP) is 3.32. The highest BCUT2D eigenvalue weighted by Gasteiger charge is 2.32. The van der Waals surface area contributed by atoms with E-state index in [0.29, 0.717) is 12.4 Å². The lowest BCUT2D eigenvalue weighted by Crippen LogP contribution is -2.51. The van der Waals surface area contributed by atoms with E-state index in [9.17, 15) is 9.59 Å². The van der Waals surface area contributed by atoms with Crippen LogP contribution < -0.4 is 5.32 Å². The topological polar surface area (TPSA) is 80.8 Å². The Bertz CT molecular complexity index is 833. The van der Waals surface area contributed by atoms with E-state index in [1.807, 2.05) is 42.5 Å². The Hall–Kier alpha value is -2.93. The summed E-state index contributed by atoms with van der Waals surface area (Å²) in [5.41, 5.74) is 1.39. The maximum absolute atomic E-state index is 12.6. The molecule has 1 aromatic heterocycles. The standard InChI is InChI=1S/C21H25N3O4/c1-21(2,3)28-20(26)24-11-12-27-17(14-24)19(25)23-18-13-16(9-10-22-18)15-7-5-4-6-8-15/h4-10,13,17H,11-12,14H2,1-3H3,(H,22,23,25). The number of nitrogens with one attached hydrogen (secondary N) is 1. The molecule has 1 fully saturated rings. The third kappa shape index (κ3) is 5.29. The van der Waals surface area contributed by atoms with Gasteiger partial charge in [-0.1, -0.05) is 30.3 Å². The van der Waals surface area contributed by atoms with Gasteiger partial charge in [-0.25, -0.2) is 9.78 Å². The molecule has 0 saturated carbocycles. The molecule has 148 valence electrons. The van der Waals surface area contributed by atoms with Crippen molar-refractivity contribution in [3.8, 4) is 11.1 Å². The Balaban J connectivity index is 1.64. The zero-order valence-corrected chi connectivity index (χ0v) is 16.3. The molecule has 7 nitrogen and oxygen atoms in total. The summed E-state index contributed by atoms with van der Waals surface area (Å²) in [6.07, 6.45) is 0.424. The molecular weight excluding hydrogens is 358 g/mol. The van der Waals surface area contributed by atoms with E-state index < -0.39 is 17.8 Å². The van der Waals surface area contributed by atoms with Gasteiger partial charge in [-0.05, 0) is 44.0 Å². The van der Waals surface area contributed by atoms with Crippen molar-refractivity contribution < 1.29 is 19.1 Å². The molecule has 28 heavy (non-hydrogen) atoms. The predicted molar refractivity (Wildman–Crippen MR) is 106 cm³/mol. The quantitative estimate of drug-likeness (QED) is 0.879. The molecular formula is C21H25N3O4. The lowest BCUT2D eigenvalue weighted by atomic mass is 10.1. The van der Waals surface area contributed by atoms with Gasteiger partial charge < -0.3 is 19.7 Å². The molecule has 0 spiro atoms. The summed E-state index contributed by atoms with van der Waals surface area (Å²) < 4.78 is 10.9. The van der Waals surface area contributed by atoms with Crippen LogP contribution in [0.5, 0.6) is 0 Å². The fraction of sp³-hybridized carbons (Fsp3) is 0.381. The van der Waals surface area contributed by atoms with Crippen LogP contribution in [0, 0.1) is 0 Å². The minimum Gasteiger partial charge on any atom is -0.444 e. The number of hydrogen-bond donors (Lipinski definition) is 1. The van der Waals surface area contributed by atoms with Gasteiger partial charge in [-0.2, -0.15) is 0 Å². The first-order valence-corrected chi connectivity index (χ1v) is 9.24. The summed E-state index contributed by atoms with van der Waals surface area (Å²) in [6, 6.07) is 13.5. The van der Waals surface area contributed by atoms with Crippen molar-refractivity contribution in [1.29, 1.82) is 0 Å². The number of nitrogens with zero attached hydrogens (tertiary/aromatic N) is 2. The zero-order chi connectivity index (χ0) is 20.1. The maximum Gasteiger partial charge on any atom is 0.410 e. The average molecular weight is 383 g/mol. The van der Waals surface area contributed by atoms with E-state index in [4.69, 9.17) is 9.47 Å². The number of amides is 2. The molecule has 0 radical (unpaired) electrons. The molecule has 3 rings (SSSR count). The molecule has 1 aliphatic heterocycles. The second-order valence-corrected chi connectivity index (χ2v) is 7.57. The Morgan fingerprint density at radius 2 is 1.93 bits per heavy atom. The van der Waals surface area contributed by atoms with Gasteiger partial charge >= 0.3 is 6.09 Å². The fourth-order valence-corrected chi connectivity index (χ4v) is 2.82. The van der Waals surface area contributed by atoms with E-state index in [0.717, 1.165) is 11.1 Å². The van der Waals surface area contributed by atoms with Crippen LogP contribution in [0.3, 0.4) is 0 Å². The monoisotopic (exact) mass is 383 g/mol. The van der Waals surface area contributed by atoms with Gasteiger partial charge in [-0.3, -0.25) is 4.79 Å². The number of rotatable bonds is 3. The molecule has 0 bridgehead atoms. The number of hydrogen-bond acceptors (Lipinski definition) is 5. The highest BCUT2D eigenvalue weighted by molar-refractivity contribution is 5.94. The normalized spacial score (nSPS) is 17.1. The average Bonchev–Trinajstić information content (AvgIpc) is 2.68. The number of carbonyl (C=O) groups excluding carboxylic acids is 2. The number of carbonyl (C=O) groups is 2. The second kappa shape index (κ2) is 8.39. The SMILES string of the molecule is CC(C)(C)OC(=O)N1CCOC(C(=O)Nc2cc(-c3ccccc3)ccn2)C1. The van der Waals surface area contributed by atoms with Crippen LogP contribution in [-0.4, -0.2) is 53.3 Å². The number of anilines is 1. The summed E-state index contributed by atoms with van der Waals surface area (Å²) >= 11 is 0. The van der Waals surface area contributed by atoms with E-state index >= 15 is 0 Å². The fourth-order valence-electron chi connectivity index (χ4n) is 2.82. The van der Waals surface area contributed by atoms with Crippen molar-refractivity contribution in [1.82, 2.24) is 9.88 Å². The van der Waals surface area contributed by atoms with Gasteiger partial charge in [0.1, 0.15) is 11.4 Å². The maximum atomic E-state index is 12.6.